The third kappa shape index (κ3) is 7.74. The Kier molecular flexibility index (Phi) is 9.29. The number of aryl methyl sites for hydroxylation is 1. The highest BCUT2D eigenvalue weighted by atomic mass is 35.5. The van der Waals surface area contributed by atoms with Crippen molar-refractivity contribution in [2.75, 3.05) is 6.54 Å². The van der Waals surface area contributed by atoms with Crippen molar-refractivity contribution in [1.29, 1.82) is 0 Å². The monoisotopic (exact) mass is 476 g/mol. The van der Waals surface area contributed by atoms with E-state index in [1.807, 2.05) is 73.7 Å². The summed E-state index contributed by atoms with van der Waals surface area (Å²) in [6, 6.07) is 24.6. The summed E-state index contributed by atoms with van der Waals surface area (Å²) in [6.45, 7) is 7.06. The first-order chi connectivity index (χ1) is 16.3. The highest BCUT2D eigenvalue weighted by molar-refractivity contribution is 6.30. The molecule has 3 aromatic carbocycles. The standard InChI is InChI=1S/C29H33ClN2O2/c1-21(2)19-31-29(34)27(17-23-8-5-4-6-9-23)32(20-24-14-12-22(3)13-15-24)28(33)18-25-10-7-11-26(30)16-25/h4-16,21,27H,17-20H2,1-3H3,(H,31,34)/t27-/m1/s1. The van der Waals surface area contributed by atoms with Crippen LogP contribution in [0.5, 0.6) is 0 Å². The van der Waals surface area contributed by atoms with E-state index in [0.717, 1.165) is 22.3 Å². The van der Waals surface area contributed by atoms with E-state index in [1.54, 1.807) is 17.0 Å². The summed E-state index contributed by atoms with van der Waals surface area (Å²) < 4.78 is 0. The molecule has 0 heterocycles. The number of amides is 2. The summed E-state index contributed by atoms with van der Waals surface area (Å²) in [7, 11) is 0. The van der Waals surface area contributed by atoms with E-state index in [0.29, 0.717) is 30.5 Å². The molecule has 0 unspecified atom stereocenters. The van der Waals surface area contributed by atoms with E-state index >= 15 is 0 Å². The Bertz CT molecular complexity index is 1080. The zero-order valence-electron chi connectivity index (χ0n) is 20.1. The second-order valence-electron chi connectivity index (χ2n) is 9.16. The zero-order valence-corrected chi connectivity index (χ0v) is 20.9. The largest absolute Gasteiger partial charge is 0.354 e. The highest BCUT2D eigenvalue weighted by Crippen LogP contribution is 2.18. The third-order valence-corrected chi connectivity index (χ3v) is 5.91. The smallest absolute Gasteiger partial charge is 0.243 e. The van der Waals surface area contributed by atoms with Crippen molar-refractivity contribution >= 4 is 23.4 Å². The molecule has 0 radical (unpaired) electrons. The number of hydrogen-bond acceptors (Lipinski definition) is 2. The highest BCUT2D eigenvalue weighted by Gasteiger charge is 2.30. The lowest BCUT2D eigenvalue weighted by Gasteiger charge is -2.32. The molecular formula is C29H33ClN2O2. The van der Waals surface area contributed by atoms with Crippen molar-refractivity contribution in [2.24, 2.45) is 5.92 Å². The van der Waals surface area contributed by atoms with E-state index < -0.39 is 6.04 Å². The first-order valence-electron chi connectivity index (χ1n) is 11.7. The summed E-state index contributed by atoms with van der Waals surface area (Å²) >= 11 is 6.15. The van der Waals surface area contributed by atoms with Gasteiger partial charge in [-0.2, -0.15) is 0 Å². The van der Waals surface area contributed by atoms with E-state index in [9.17, 15) is 9.59 Å². The number of nitrogens with zero attached hydrogens (tertiary/aromatic N) is 1. The van der Waals surface area contributed by atoms with Gasteiger partial charge in [0.25, 0.3) is 0 Å². The van der Waals surface area contributed by atoms with Crippen LogP contribution in [0.2, 0.25) is 5.02 Å². The Morgan fingerprint density at radius 3 is 2.21 bits per heavy atom. The van der Waals surface area contributed by atoms with E-state index in [4.69, 9.17) is 11.6 Å². The molecule has 178 valence electrons. The van der Waals surface area contributed by atoms with Crippen molar-refractivity contribution in [3.63, 3.8) is 0 Å². The minimum Gasteiger partial charge on any atom is -0.354 e. The minimum atomic E-state index is -0.630. The van der Waals surface area contributed by atoms with Crippen molar-refractivity contribution < 1.29 is 9.59 Å². The van der Waals surface area contributed by atoms with Gasteiger partial charge in [0.1, 0.15) is 6.04 Å². The van der Waals surface area contributed by atoms with E-state index in [2.05, 4.69) is 19.2 Å². The molecule has 2 amide bonds. The number of carbonyl (C=O) groups excluding carboxylic acids is 2. The molecule has 0 bridgehead atoms. The molecule has 3 aromatic rings. The fraction of sp³-hybridized carbons (Fsp3) is 0.310. The van der Waals surface area contributed by atoms with Gasteiger partial charge in [0.05, 0.1) is 6.42 Å². The Morgan fingerprint density at radius 2 is 1.56 bits per heavy atom. The van der Waals surface area contributed by atoms with Crippen molar-refractivity contribution in [3.05, 3.63) is 106 Å². The normalized spacial score (nSPS) is 11.8. The molecule has 5 heteroatoms. The van der Waals surface area contributed by atoms with Crippen LogP contribution in [0.25, 0.3) is 0 Å². The number of carbonyl (C=O) groups is 2. The van der Waals surface area contributed by atoms with Crippen LogP contribution in [-0.2, 0) is 29.0 Å². The van der Waals surface area contributed by atoms with Crippen LogP contribution >= 0.6 is 11.6 Å². The van der Waals surface area contributed by atoms with Crippen molar-refractivity contribution in [3.8, 4) is 0 Å². The molecule has 3 rings (SSSR count). The predicted octanol–water partition coefficient (Wildman–Crippen LogP) is 5.60. The Hall–Kier alpha value is -3.11. The first-order valence-corrected chi connectivity index (χ1v) is 12.1. The average Bonchev–Trinajstić information content (AvgIpc) is 2.81. The molecule has 4 nitrogen and oxygen atoms in total. The lowest BCUT2D eigenvalue weighted by molar-refractivity contribution is -0.140. The number of rotatable bonds is 10. The van der Waals surface area contributed by atoms with E-state index in [-0.39, 0.29) is 18.2 Å². The second-order valence-corrected chi connectivity index (χ2v) is 9.59. The van der Waals surface area contributed by atoms with Gasteiger partial charge in [-0.3, -0.25) is 9.59 Å². The summed E-state index contributed by atoms with van der Waals surface area (Å²) in [6.07, 6.45) is 0.618. The maximum atomic E-state index is 13.7. The lowest BCUT2D eigenvalue weighted by atomic mass is 10.0. The summed E-state index contributed by atoms with van der Waals surface area (Å²) in [4.78, 5) is 28.8. The average molecular weight is 477 g/mol. The van der Waals surface area contributed by atoms with Crippen LogP contribution in [0.4, 0.5) is 0 Å². The molecule has 0 aliphatic rings. The quantitative estimate of drug-likeness (QED) is 0.414. The lowest BCUT2D eigenvalue weighted by Crippen LogP contribution is -2.51. The fourth-order valence-corrected chi connectivity index (χ4v) is 4.00. The van der Waals surface area contributed by atoms with Crippen LogP contribution in [0.1, 0.15) is 36.1 Å². The fourth-order valence-electron chi connectivity index (χ4n) is 3.79. The number of hydrogen-bond donors (Lipinski definition) is 1. The number of halogens is 1. The molecule has 1 atom stereocenters. The van der Waals surface area contributed by atoms with Crippen LogP contribution in [0, 0.1) is 12.8 Å². The summed E-state index contributed by atoms with van der Waals surface area (Å²) in [5.74, 6) is 0.0709. The molecule has 34 heavy (non-hydrogen) atoms. The van der Waals surface area contributed by atoms with Gasteiger partial charge in [-0.15, -0.1) is 0 Å². The van der Waals surface area contributed by atoms with Gasteiger partial charge in [0, 0.05) is 24.5 Å². The number of benzene rings is 3. The molecular weight excluding hydrogens is 444 g/mol. The molecule has 0 spiro atoms. The van der Waals surface area contributed by atoms with Gasteiger partial charge >= 0.3 is 0 Å². The van der Waals surface area contributed by atoms with Crippen LogP contribution in [0.15, 0.2) is 78.9 Å². The Morgan fingerprint density at radius 1 is 0.882 bits per heavy atom. The predicted molar refractivity (Wildman–Crippen MR) is 139 cm³/mol. The van der Waals surface area contributed by atoms with Crippen molar-refractivity contribution in [1.82, 2.24) is 10.2 Å². The molecule has 0 aromatic heterocycles. The Balaban J connectivity index is 1.94. The number of nitrogens with one attached hydrogen (secondary N) is 1. The van der Waals surface area contributed by atoms with Gasteiger partial charge in [0.15, 0.2) is 0 Å². The molecule has 0 aliphatic carbocycles. The summed E-state index contributed by atoms with van der Waals surface area (Å²) in [5, 5.41) is 3.64. The topological polar surface area (TPSA) is 49.4 Å². The Labute approximate surface area is 207 Å². The van der Waals surface area contributed by atoms with Gasteiger partial charge in [-0.1, -0.05) is 97.7 Å². The third-order valence-electron chi connectivity index (χ3n) is 5.67. The maximum Gasteiger partial charge on any atom is 0.243 e. The minimum absolute atomic E-state index is 0.108. The van der Waals surface area contributed by atoms with Crippen molar-refractivity contribution in [2.45, 2.75) is 46.2 Å². The zero-order chi connectivity index (χ0) is 24.5. The molecule has 0 fully saturated rings. The van der Waals surface area contributed by atoms with Crippen LogP contribution in [-0.4, -0.2) is 29.3 Å². The first kappa shape index (κ1) is 25.5. The van der Waals surface area contributed by atoms with E-state index in [1.165, 1.54) is 0 Å². The maximum absolute atomic E-state index is 13.7. The van der Waals surface area contributed by atoms with Gasteiger partial charge < -0.3 is 10.2 Å². The van der Waals surface area contributed by atoms with Crippen LogP contribution in [0.3, 0.4) is 0 Å². The molecule has 0 aliphatic heterocycles. The van der Waals surface area contributed by atoms with Gasteiger partial charge in [-0.25, -0.2) is 0 Å². The molecule has 0 saturated heterocycles. The SMILES string of the molecule is Cc1ccc(CN(C(=O)Cc2cccc(Cl)c2)[C@H](Cc2ccccc2)C(=O)NCC(C)C)cc1. The second kappa shape index (κ2) is 12.4. The van der Waals surface area contributed by atoms with Gasteiger partial charge in [0.2, 0.25) is 11.8 Å². The van der Waals surface area contributed by atoms with Gasteiger partial charge in [-0.05, 0) is 41.7 Å². The summed E-state index contributed by atoms with van der Waals surface area (Å²) in [5.41, 5.74) is 3.97. The molecule has 0 saturated carbocycles. The molecule has 1 N–H and O–H groups in total. The van der Waals surface area contributed by atoms with Crippen LogP contribution < -0.4 is 5.32 Å².